The van der Waals surface area contributed by atoms with Gasteiger partial charge in [-0.2, -0.15) is 0 Å². The lowest BCUT2D eigenvalue weighted by Gasteiger charge is -2.01. The molecule has 0 aliphatic rings. The number of aromatic nitrogens is 3. The van der Waals surface area contributed by atoms with Gasteiger partial charge in [0.05, 0.1) is 0 Å². The minimum absolute atomic E-state index is 0.605. The Morgan fingerprint density at radius 2 is 1.69 bits per heavy atom. The van der Waals surface area contributed by atoms with E-state index < -0.39 is 0 Å². The first-order chi connectivity index (χ1) is 6.38. The molecule has 0 spiro atoms. The number of nitrogens with zero attached hydrogens (tertiary/aromatic N) is 3. The molecule has 0 radical (unpaired) electrons. The largest absolute Gasteiger partial charge is 0.398 e. The average molecular weight is 172 g/mol. The van der Waals surface area contributed by atoms with Gasteiger partial charge in [0.1, 0.15) is 12.7 Å². The second-order valence-electron chi connectivity index (χ2n) is 2.55. The van der Waals surface area contributed by atoms with Gasteiger partial charge in [0.2, 0.25) is 0 Å². The van der Waals surface area contributed by atoms with E-state index in [0.717, 1.165) is 5.56 Å². The van der Waals surface area contributed by atoms with Gasteiger partial charge in [-0.25, -0.2) is 15.0 Å². The van der Waals surface area contributed by atoms with Crippen LogP contribution < -0.4 is 5.73 Å². The highest BCUT2D eigenvalue weighted by molar-refractivity contribution is 5.70. The van der Waals surface area contributed by atoms with Gasteiger partial charge in [-0.3, -0.25) is 0 Å². The van der Waals surface area contributed by atoms with E-state index in [0.29, 0.717) is 11.5 Å². The van der Waals surface area contributed by atoms with Crippen LogP contribution >= 0.6 is 0 Å². The molecule has 1 aromatic heterocycles. The molecule has 2 N–H and O–H groups in total. The summed E-state index contributed by atoms with van der Waals surface area (Å²) in [6, 6.07) is 7.47. The molecule has 0 amide bonds. The summed E-state index contributed by atoms with van der Waals surface area (Å²) in [6.07, 6.45) is 2.91. The van der Waals surface area contributed by atoms with Crippen LogP contribution in [0.1, 0.15) is 0 Å². The predicted octanol–water partition coefficient (Wildman–Crippen LogP) is 1.12. The van der Waals surface area contributed by atoms with Crippen LogP contribution in [0.2, 0.25) is 0 Å². The fraction of sp³-hybridized carbons (Fsp3) is 0. The molecule has 0 unspecified atom stereocenters. The molecule has 0 fully saturated rings. The molecule has 0 aliphatic heterocycles. The molecule has 4 nitrogen and oxygen atoms in total. The summed E-state index contributed by atoms with van der Waals surface area (Å²) in [6.45, 7) is 0. The maximum Gasteiger partial charge on any atom is 0.164 e. The van der Waals surface area contributed by atoms with Gasteiger partial charge in [0, 0.05) is 11.3 Å². The molecule has 0 bridgehead atoms. The maximum absolute atomic E-state index is 5.75. The predicted molar refractivity (Wildman–Crippen MR) is 49.7 cm³/mol. The van der Waals surface area contributed by atoms with Crippen molar-refractivity contribution in [2.24, 2.45) is 0 Å². The van der Waals surface area contributed by atoms with Gasteiger partial charge in [-0.05, 0) is 12.1 Å². The third kappa shape index (κ3) is 1.46. The van der Waals surface area contributed by atoms with Gasteiger partial charge >= 0.3 is 0 Å². The number of para-hydroxylation sites is 1. The Morgan fingerprint density at radius 3 is 2.38 bits per heavy atom. The van der Waals surface area contributed by atoms with Crippen molar-refractivity contribution in [3.63, 3.8) is 0 Å². The molecule has 0 aliphatic carbocycles. The van der Waals surface area contributed by atoms with Gasteiger partial charge in [-0.15, -0.1) is 0 Å². The number of nitrogens with two attached hydrogens (primary N) is 1. The summed E-state index contributed by atoms with van der Waals surface area (Å²) < 4.78 is 0. The summed E-state index contributed by atoms with van der Waals surface area (Å²) >= 11 is 0. The van der Waals surface area contributed by atoms with Crippen molar-refractivity contribution in [2.75, 3.05) is 5.73 Å². The smallest absolute Gasteiger partial charge is 0.164 e. The van der Waals surface area contributed by atoms with Crippen molar-refractivity contribution in [1.82, 2.24) is 15.0 Å². The molecule has 0 saturated heterocycles. The zero-order valence-corrected chi connectivity index (χ0v) is 6.88. The van der Waals surface area contributed by atoms with Crippen LogP contribution in [0.3, 0.4) is 0 Å². The highest BCUT2D eigenvalue weighted by Crippen LogP contribution is 2.20. The molecule has 4 heteroatoms. The quantitative estimate of drug-likeness (QED) is 0.654. The van der Waals surface area contributed by atoms with Crippen LogP contribution in [0, 0.1) is 0 Å². The Morgan fingerprint density at radius 1 is 1.00 bits per heavy atom. The molecule has 2 aromatic rings. The van der Waals surface area contributed by atoms with E-state index in [1.165, 1.54) is 12.7 Å². The molecular formula is C9H8N4. The number of nitrogen functional groups attached to an aromatic ring is 1. The van der Waals surface area contributed by atoms with Crippen molar-refractivity contribution in [3.8, 4) is 11.4 Å². The molecule has 0 saturated carbocycles. The first-order valence-electron chi connectivity index (χ1n) is 3.85. The van der Waals surface area contributed by atoms with E-state index in [4.69, 9.17) is 5.73 Å². The Labute approximate surface area is 75.5 Å². The lowest BCUT2D eigenvalue weighted by molar-refractivity contribution is 1.06. The second-order valence-corrected chi connectivity index (χ2v) is 2.55. The summed E-state index contributed by atoms with van der Waals surface area (Å²) in [4.78, 5) is 11.8. The lowest BCUT2D eigenvalue weighted by atomic mass is 10.2. The number of hydrogen-bond donors (Lipinski definition) is 1. The first-order valence-corrected chi connectivity index (χ1v) is 3.85. The lowest BCUT2D eigenvalue weighted by Crippen LogP contribution is -1.93. The molecule has 13 heavy (non-hydrogen) atoms. The van der Waals surface area contributed by atoms with Gasteiger partial charge in [0.25, 0.3) is 0 Å². The Bertz CT molecular complexity index is 399. The summed E-state index contributed by atoms with van der Waals surface area (Å²) in [5.74, 6) is 0.605. The third-order valence-electron chi connectivity index (χ3n) is 1.70. The normalized spacial score (nSPS) is 9.85. The average Bonchev–Trinajstić information content (AvgIpc) is 2.20. The standard InChI is InChI=1S/C9H8N4/c10-8-4-2-1-3-7(8)9-12-5-11-6-13-9/h1-6H,10H2. The number of rotatable bonds is 1. The van der Waals surface area contributed by atoms with E-state index in [1.54, 1.807) is 0 Å². The minimum atomic E-state index is 0.605. The third-order valence-corrected chi connectivity index (χ3v) is 1.70. The zero-order valence-electron chi connectivity index (χ0n) is 6.88. The number of benzene rings is 1. The van der Waals surface area contributed by atoms with E-state index >= 15 is 0 Å². The van der Waals surface area contributed by atoms with Crippen LogP contribution in [0.25, 0.3) is 11.4 Å². The molecule has 64 valence electrons. The number of anilines is 1. The maximum atomic E-state index is 5.75. The van der Waals surface area contributed by atoms with Gasteiger partial charge in [0.15, 0.2) is 5.82 Å². The molecular weight excluding hydrogens is 164 g/mol. The Kier molecular flexibility index (Phi) is 1.88. The number of hydrogen-bond acceptors (Lipinski definition) is 4. The fourth-order valence-corrected chi connectivity index (χ4v) is 1.08. The monoisotopic (exact) mass is 172 g/mol. The van der Waals surface area contributed by atoms with Gasteiger partial charge < -0.3 is 5.73 Å². The Hall–Kier alpha value is -1.97. The van der Waals surface area contributed by atoms with E-state index in [2.05, 4.69) is 15.0 Å². The zero-order chi connectivity index (χ0) is 9.10. The topological polar surface area (TPSA) is 64.7 Å². The highest BCUT2D eigenvalue weighted by Gasteiger charge is 2.02. The molecule has 0 atom stereocenters. The highest BCUT2D eigenvalue weighted by atomic mass is 15.0. The summed E-state index contributed by atoms with van der Waals surface area (Å²) in [7, 11) is 0. The van der Waals surface area contributed by atoms with E-state index in [-0.39, 0.29) is 0 Å². The molecule has 1 aromatic carbocycles. The van der Waals surface area contributed by atoms with E-state index in [9.17, 15) is 0 Å². The van der Waals surface area contributed by atoms with Crippen molar-refractivity contribution >= 4 is 5.69 Å². The van der Waals surface area contributed by atoms with Crippen LogP contribution in [0.15, 0.2) is 36.9 Å². The van der Waals surface area contributed by atoms with Crippen LogP contribution in [0.5, 0.6) is 0 Å². The van der Waals surface area contributed by atoms with Crippen LogP contribution in [0.4, 0.5) is 5.69 Å². The minimum Gasteiger partial charge on any atom is -0.398 e. The Balaban J connectivity index is 2.54. The van der Waals surface area contributed by atoms with Crippen molar-refractivity contribution in [1.29, 1.82) is 0 Å². The van der Waals surface area contributed by atoms with Gasteiger partial charge in [-0.1, -0.05) is 12.1 Å². The SMILES string of the molecule is Nc1ccccc1-c1ncncn1. The summed E-state index contributed by atoms with van der Waals surface area (Å²) in [5, 5.41) is 0. The molecule has 2 rings (SSSR count). The second kappa shape index (κ2) is 3.18. The van der Waals surface area contributed by atoms with Crippen molar-refractivity contribution in [2.45, 2.75) is 0 Å². The first kappa shape index (κ1) is 7.67. The van der Waals surface area contributed by atoms with Crippen LogP contribution in [-0.4, -0.2) is 15.0 Å². The molecule has 1 heterocycles. The van der Waals surface area contributed by atoms with E-state index in [1.807, 2.05) is 24.3 Å². The summed E-state index contributed by atoms with van der Waals surface area (Å²) in [5.41, 5.74) is 7.26. The van der Waals surface area contributed by atoms with Crippen molar-refractivity contribution in [3.05, 3.63) is 36.9 Å². The van der Waals surface area contributed by atoms with Crippen molar-refractivity contribution < 1.29 is 0 Å². The van der Waals surface area contributed by atoms with Crippen LogP contribution in [-0.2, 0) is 0 Å². The fourth-order valence-electron chi connectivity index (χ4n) is 1.08.